The molecule has 0 saturated heterocycles. The average molecular weight is 720 g/mol. The van der Waals surface area contributed by atoms with Crippen molar-refractivity contribution >= 4 is 68.2 Å². The molecule has 6 nitrogen and oxygen atoms in total. The maximum atomic E-state index is 14.1. The molecule has 0 N–H and O–H groups in total. The molecule has 10 heteroatoms. The van der Waals surface area contributed by atoms with Gasteiger partial charge in [0.2, 0.25) is 0 Å². The maximum absolute atomic E-state index is 14.1. The topological polar surface area (TPSA) is 69.9 Å². The Bertz CT molecular complexity index is 2110. The zero-order chi connectivity index (χ0) is 31.5. The van der Waals surface area contributed by atoms with E-state index in [4.69, 9.17) is 37.7 Å². The van der Waals surface area contributed by atoms with Crippen molar-refractivity contribution in [1.82, 2.24) is 4.57 Å². The summed E-state index contributed by atoms with van der Waals surface area (Å²) in [5, 5.41) is 1.09. The molecule has 0 saturated carbocycles. The van der Waals surface area contributed by atoms with Gasteiger partial charge in [0.1, 0.15) is 12.4 Å². The maximum Gasteiger partial charge on any atom is 0.338 e. The lowest BCUT2D eigenvalue weighted by Gasteiger charge is -2.25. The van der Waals surface area contributed by atoms with Crippen molar-refractivity contribution in [3.8, 4) is 5.75 Å². The molecule has 0 spiro atoms. The highest BCUT2D eigenvalue weighted by Gasteiger charge is 2.35. The van der Waals surface area contributed by atoms with Crippen LogP contribution in [0.25, 0.3) is 11.8 Å². The molecule has 1 aliphatic heterocycles. The number of thiazole rings is 1. The molecular weight excluding hydrogens is 695 g/mol. The van der Waals surface area contributed by atoms with E-state index < -0.39 is 12.0 Å². The molecule has 1 aromatic heterocycles. The molecule has 0 aliphatic carbocycles. The van der Waals surface area contributed by atoms with Crippen LogP contribution in [0.1, 0.15) is 35.2 Å². The number of carbonyl (C=O) groups excluding carboxylic acids is 1. The Morgan fingerprint density at radius 1 is 1.00 bits per heavy atom. The first-order valence-corrected chi connectivity index (χ1v) is 16.4. The zero-order valence-electron chi connectivity index (χ0n) is 23.9. The largest absolute Gasteiger partial charge is 0.488 e. The summed E-state index contributed by atoms with van der Waals surface area (Å²) in [6.45, 7) is 2.21. The summed E-state index contributed by atoms with van der Waals surface area (Å²) in [7, 11) is 0. The van der Waals surface area contributed by atoms with Crippen LogP contribution in [-0.4, -0.2) is 17.1 Å². The summed E-state index contributed by atoms with van der Waals surface area (Å²) in [4.78, 5) is 33.0. The predicted octanol–water partition coefficient (Wildman–Crippen LogP) is 7.58. The number of halogens is 3. The smallest absolute Gasteiger partial charge is 0.338 e. The van der Waals surface area contributed by atoms with Gasteiger partial charge in [0.25, 0.3) is 5.56 Å². The van der Waals surface area contributed by atoms with E-state index >= 15 is 0 Å². The molecule has 1 aliphatic rings. The molecule has 5 aromatic rings. The number of benzene rings is 4. The number of aromatic nitrogens is 1. The Kier molecular flexibility index (Phi) is 9.37. The van der Waals surface area contributed by atoms with Crippen LogP contribution >= 0.6 is 50.5 Å². The van der Waals surface area contributed by atoms with Crippen molar-refractivity contribution in [1.29, 1.82) is 0 Å². The number of hydrogen-bond donors (Lipinski definition) is 0. The van der Waals surface area contributed by atoms with Crippen molar-refractivity contribution in [2.45, 2.75) is 19.6 Å². The van der Waals surface area contributed by atoms with Crippen molar-refractivity contribution in [2.75, 3.05) is 6.61 Å². The summed E-state index contributed by atoms with van der Waals surface area (Å²) in [5.41, 5.74) is 3.69. The average Bonchev–Trinajstić information content (AvgIpc) is 3.35. The lowest BCUT2D eigenvalue weighted by molar-refractivity contribution is -0.138. The van der Waals surface area contributed by atoms with Gasteiger partial charge in [0.05, 0.1) is 32.9 Å². The van der Waals surface area contributed by atoms with Gasteiger partial charge in [-0.3, -0.25) is 9.36 Å². The highest BCUT2D eigenvalue weighted by Crippen LogP contribution is 2.35. The van der Waals surface area contributed by atoms with Crippen LogP contribution in [0.2, 0.25) is 10.0 Å². The van der Waals surface area contributed by atoms with Crippen LogP contribution in [0.15, 0.2) is 117 Å². The number of hydrogen-bond acceptors (Lipinski definition) is 6. The second-order valence-corrected chi connectivity index (χ2v) is 12.8. The van der Waals surface area contributed by atoms with Crippen LogP contribution in [-0.2, 0) is 16.1 Å². The fraction of sp³-hybridized carbons (Fsp3) is 0.114. The molecule has 4 aromatic carbocycles. The van der Waals surface area contributed by atoms with Crippen LogP contribution < -0.4 is 19.6 Å². The van der Waals surface area contributed by atoms with Gasteiger partial charge in [0, 0.05) is 21.2 Å². The predicted molar refractivity (Wildman–Crippen MR) is 182 cm³/mol. The number of ether oxygens (including phenoxy) is 2. The summed E-state index contributed by atoms with van der Waals surface area (Å²) >= 11 is 17.2. The minimum Gasteiger partial charge on any atom is -0.488 e. The van der Waals surface area contributed by atoms with E-state index in [2.05, 4.69) is 15.9 Å². The van der Waals surface area contributed by atoms with Gasteiger partial charge in [-0.05, 0) is 64.3 Å². The molecular formula is C35H25BrCl2N2O4S. The van der Waals surface area contributed by atoms with Crippen molar-refractivity contribution in [3.63, 3.8) is 0 Å². The summed E-state index contributed by atoms with van der Waals surface area (Å²) < 4.78 is 14.3. The molecule has 0 bridgehead atoms. The molecule has 0 amide bonds. The number of esters is 1. The summed E-state index contributed by atoms with van der Waals surface area (Å²) in [5.74, 6) is 0.109. The Morgan fingerprint density at radius 3 is 2.42 bits per heavy atom. The Balaban J connectivity index is 1.43. The van der Waals surface area contributed by atoms with Crippen molar-refractivity contribution in [2.24, 2.45) is 4.99 Å². The fourth-order valence-corrected chi connectivity index (χ4v) is 7.04. The molecule has 2 heterocycles. The number of carbonyl (C=O) groups is 1. The first kappa shape index (κ1) is 31.0. The van der Waals surface area contributed by atoms with E-state index in [-0.39, 0.29) is 18.8 Å². The molecule has 1 atom stereocenters. The molecule has 226 valence electrons. The molecule has 45 heavy (non-hydrogen) atoms. The van der Waals surface area contributed by atoms with E-state index in [1.54, 1.807) is 23.6 Å². The van der Waals surface area contributed by atoms with Gasteiger partial charge in [-0.25, -0.2) is 9.79 Å². The van der Waals surface area contributed by atoms with Gasteiger partial charge in [-0.15, -0.1) is 0 Å². The second-order valence-electron chi connectivity index (χ2n) is 10.1. The van der Waals surface area contributed by atoms with E-state index in [0.29, 0.717) is 40.9 Å². The number of nitrogens with zero attached hydrogens (tertiary/aromatic N) is 2. The lowest BCUT2D eigenvalue weighted by Crippen LogP contribution is -2.39. The first-order chi connectivity index (χ1) is 21.8. The van der Waals surface area contributed by atoms with Crippen LogP contribution in [0.3, 0.4) is 0 Å². The number of fused-ring (bicyclic) bond motifs is 1. The van der Waals surface area contributed by atoms with Crippen molar-refractivity contribution < 1.29 is 14.3 Å². The summed E-state index contributed by atoms with van der Waals surface area (Å²) in [6, 6.07) is 29.1. The van der Waals surface area contributed by atoms with Crippen molar-refractivity contribution in [3.05, 3.63) is 159 Å². The van der Waals surface area contributed by atoms with Gasteiger partial charge < -0.3 is 9.47 Å². The lowest BCUT2D eigenvalue weighted by atomic mass is 9.93. The van der Waals surface area contributed by atoms with E-state index in [9.17, 15) is 9.59 Å². The van der Waals surface area contributed by atoms with Gasteiger partial charge in [-0.1, -0.05) is 107 Å². The first-order valence-electron chi connectivity index (χ1n) is 14.0. The normalized spacial score (nSPS) is 14.6. The molecule has 0 fully saturated rings. The Morgan fingerprint density at radius 2 is 1.73 bits per heavy atom. The third kappa shape index (κ3) is 6.56. The minimum atomic E-state index is -0.721. The SMILES string of the molecule is CCOC(=O)C1=C(c2ccccc2)N=c2s/c(=C\c3ccc(OCc4ccc(Cl)cc4Cl)c(Br)c3)c(=O)n2[C@H]1c1ccccc1. The standard InChI is InChI=1S/C35H25BrCl2N2O4S/c1-2-43-34(42)30-31(22-9-5-3-6-10-22)39-35-40(32(30)23-11-7-4-8-12-23)33(41)29(45-35)18-21-13-16-28(26(36)17-21)44-20-24-14-15-25(37)19-27(24)38/h3-19,32H,2,20H2,1H3/b29-18-/t32-/m0/s1. The van der Waals surface area contributed by atoms with Gasteiger partial charge in [0.15, 0.2) is 4.80 Å². The molecule has 0 radical (unpaired) electrons. The monoisotopic (exact) mass is 718 g/mol. The van der Waals surface area contributed by atoms with Gasteiger partial charge >= 0.3 is 5.97 Å². The van der Waals surface area contributed by atoms with Crippen LogP contribution in [0.4, 0.5) is 0 Å². The summed E-state index contributed by atoms with van der Waals surface area (Å²) in [6.07, 6.45) is 1.81. The van der Waals surface area contributed by atoms with E-state index in [1.165, 1.54) is 11.3 Å². The second kappa shape index (κ2) is 13.6. The highest BCUT2D eigenvalue weighted by atomic mass is 79.9. The van der Waals surface area contributed by atoms with Crippen LogP contribution in [0, 0.1) is 0 Å². The fourth-order valence-electron chi connectivity index (χ4n) is 5.06. The van der Waals surface area contributed by atoms with Crippen LogP contribution in [0.5, 0.6) is 5.75 Å². The zero-order valence-corrected chi connectivity index (χ0v) is 27.8. The quantitative estimate of drug-likeness (QED) is 0.155. The number of rotatable bonds is 8. The van der Waals surface area contributed by atoms with Gasteiger partial charge in [-0.2, -0.15) is 0 Å². The Labute approximate surface area is 281 Å². The third-order valence-electron chi connectivity index (χ3n) is 7.14. The minimum absolute atomic E-state index is 0.192. The highest BCUT2D eigenvalue weighted by molar-refractivity contribution is 9.10. The van der Waals surface area contributed by atoms with E-state index in [1.807, 2.05) is 91.0 Å². The molecule has 0 unspecified atom stereocenters. The molecule has 6 rings (SSSR count). The Hall–Kier alpha value is -3.95. The van der Waals surface area contributed by atoms with E-state index in [0.717, 1.165) is 22.3 Å². The third-order valence-corrected chi connectivity index (χ3v) is 9.33.